The summed E-state index contributed by atoms with van der Waals surface area (Å²) in [6, 6.07) is 4.56. The minimum absolute atomic E-state index is 0.202. The zero-order valence-corrected chi connectivity index (χ0v) is 10.9. The molecule has 18 heavy (non-hydrogen) atoms. The Hall–Kier alpha value is -0.940. The third-order valence-electron chi connectivity index (χ3n) is 2.55. The molecule has 1 rings (SSSR count). The van der Waals surface area contributed by atoms with E-state index in [4.69, 9.17) is 11.6 Å². The molecule has 0 aromatic heterocycles. The van der Waals surface area contributed by atoms with Crippen molar-refractivity contribution in [1.29, 1.82) is 0 Å². The van der Waals surface area contributed by atoms with E-state index in [9.17, 15) is 18.3 Å². The summed E-state index contributed by atoms with van der Waals surface area (Å²) in [5, 5.41) is 9.58. The fraction of sp³-hybridized carbons (Fsp3) is 0.500. The van der Waals surface area contributed by atoms with Crippen LogP contribution in [0.4, 0.5) is 18.9 Å². The molecule has 0 radical (unpaired) electrons. The molecular weight excluding hydrogens is 267 g/mol. The molecule has 1 aromatic rings. The summed E-state index contributed by atoms with van der Waals surface area (Å²) in [6.45, 7) is 2.35. The number of hydrogen-bond acceptors (Lipinski definition) is 2. The Kier molecular flexibility index (Phi) is 4.87. The first-order valence-corrected chi connectivity index (χ1v) is 5.91. The molecule has 0 unspecified atom stereocenters. The van der Waals surface area contributed by atoms with E-state index in [2.05, 4.69) is 0 Å². The molecule has 102 valence electrons. The van der Waals surface area contributed by atoms with Crippen LogP contribution < -0.4 is 4.90 Å². The van der Waals surface area contributed by atoms with Crippen LogP contribution in [-0.4, -0.2) is 24.4 Å². The quantitative estimate of drug-likeness (QED) is 0.908. The molecule has 0 aliphatic rings. The van der Waals surface area contributed by atoms with Crippen LogP contribution in [0.5, 0.6) is 0 Å². The summed E-state index contributed by atoms with van der Waals surface area (Å²) < 4.78 is 37.2. The number of hydrogen-bond donors (Lipinski definition) is 1. The van der Waals surface area contributed by atoms with Gasteiger partial charge in [0.25, 0.3) is 0 Å². The van der Waals surface area contributed by atoms with Gasteiger partial charge in [-0.05, 0) is 31.5 Å². The Morgan fingerprint density at radius 1 is 1.39 bits per heavy atom. The van der Waals surface area contributed by atoms with Crippen LogP contribution in [0.1, 0.15) is 25.5 Å². The summed E-state index contributed by atoms with van der Waals surface area (Å²) in [6.07, 6.45) is -4.98. The van der Waals surface area contributed by atoms with E-state index in [0.717, 1.165) is 4.90 Å². The lowest BCUT2D eigenvalue weighted by Crippen LogP contribution is -2.34. The first kappa shape index (κ1) is 15.1. The average molecular weight is 282 g/mol. The number of nitrogens with zero attached hydrogens (tertiary/aromatic N) is 1. The highest BCUT2D eigenvalue weighted by atomic mass is 35.5. The molecule has 0 heterocycles. The van der Waals surface area contributed by atoms with Crippen molar-refractivity contribution in [2.75, 3.05) is 18.0 Å². The smallest absolute Gasteiger partial charge is 0.389 e. The minimum atomic E-state index is -4.28. The van der Waals surface area contributed by atoms with E-state index in [0.29, 0.717) is 11.3 Å². The molecule has 0 spiro atoms. The van der Waals surface area contributed by atoms with E-state index in [1.165, 1.54) is 12.1 Å². The van der Waals surface area contributed by atoms with Crippen LogP contribution >= 0.6 is 11.6 Å². The Morgan fingerprint density at radius 3 is 2.39 bits per heavy atom. The van der Waals surface area contributed by atoms with Crippen molar-refractivity contribution in [3.63, 3.8) is 0 Å². The lowest BCUT2D eigenvalue weighted by atomic mass is 10.1. The maximum atomic E-state index is 12.4. The van der Waals surface area contributed by atoms with Gasteiger partial charge in [0.2, 0.25) is 0 Å². The van der Waals surface area contributed by atoms with Crippen LogP contribution in [0.2, 0.25) is 5.02 Å². The fourth-order valence-corrected chi connectivity index (χ4v) is 1.93. The Labute approximate surface area is 109 Å². The predicted molar refractivity (Wildman–Crippen MR) is 66.0 cm³/mol. The second-order valence-electron chi connectivity index (χ2n) is 4.02. The summed E-state index contributed by atoms with van der Waals surface area (Å²) in [5.74, 6) is 0. The molecule has 0 amide bonds. The minimum Gasteiger partial charge on any atom is -0.389 e. The van der Waals surface area contributed by atoms with Crippen molar-refractivity contribution >= 4 is 17.3 Å². The molecule has 1 atom stereocenters. The Morgan fingerprint density at radius 2 is 2.00 bits per heavy atom. The number of alkyl halides is 3. The zero-order chi connectivity index (χ0) is 13.9. The van der Waals surface area contributed by atoms with Gasteiger partial charge < -0.3 is 10.0 Å². The van der Waals surface area contributed by atoms with Crippen LogP contribution in [-0.2, 0) is 0 Å². The lowest BCUT2D eigenvalue weighted by molar-refractivity contribution is -0.119. The molecule has 1 N–H and O–H groups in total. The van der Waals surface area contributed by atoms with Gasteiger partial charge in [0.05, 0.1) is 16.8 Å². The highest BCUT2D eigenvalue weighted by Gasteiger charge is 2.31. The van der Waals surface area contributed by atoms with Gasteiger partial charge in [0.15, 0.2) is 0 Å². The molecule has 0 aliphatic carbocycles. The molecule has 1 aromatic carbocycles. The van der Waals surface area contributed by atoms with Crippen LogP contribution in [0.15, 0.2) is 18.2 Å². The maximum absolute atomic E-state index is 12.4. The van der Waals surface area contributed by atoms with E-state index in [1.807, 2.05) is 0 Å². The van der Waals surface area contributed by atoms with Crippen molar-refractivity contribution in [2.24, 2.45) is 0 Å². The first-order valence-electron chi connectivity index (χ1n) is 5.53. The number of aliphatic hydroxyl groups is 1. The summed E-state index contributed by atoms with van der Waals surface area (Å²) >= 11 is 5.96. The lowest BCUT2D eigenvalue weighted by Gasteiger charge is -2.25. The monoisotopic (exact) mass is 281 g/mol. The molecular formula is C12H15ClF3NO. The van der Waals surface area contributed by atoms with Gasteiger partial charge in [-0.3, -0.25) is 0 Å². The van der Waals surface area contributed by atoms with E-state index >= 15 is 0 Å². The second kappa shape index (κ2) is 5.80. The summed E-state index contributed by atoms with van der Waals surface area (Å²) in [5.41, 5.74) is 0.896. The summed E-state index contributed by atoms with van der Waals surface area (Å²) in [4.78, 5) is 1.15. The largest absolute Gasteiger partial charge is 0.405 e. The second-order valence-corrected chi connectivity index (χ2v) is 4.42. The Bertz CT molecular complexity index is 407. The van der Waals surface area contributed by atoms with Crippen LogP contribution in [0, 0.1) is 0 Å². The van der Waals surface area contributed by atoms with E-state index < -0.39 is 18.8 Å². The van der Waals surface area contributed by atoms with Crippen LogP contribution in [0.3, 0.4) is 0 Å². The SMILES string of the molecule is CCN(CC(F)(F)F)c1ccc([C@@H](C)O)cc1Cl. The van der Waals surface area contributed by atoms with E-state index in [-0.39, 0.29) is 11.6 Å². The van der Waals surface area contributed by atoms with Gasteiger partial charge in [0, 0.05) is 6.54 Å². The van der Waals surface area contributed by atoms with E-state index in [1.54, 1.807) is 19.9 Å². The van der Waals surface area contributed by atoms with Crippen molar-refractivity contribution in [1.82, 2.24) is 0 Å². The van der Waals surface area contributed by atoms with Gasteiger partial charge >= 0.3 is 6.18 Å². The number of halogens is 4. The van der Waals surface area contributed by atoms with Crippen molar-refractivity contribution in [3.8, 4) is 0 Å². The number of rotatable bonds is 4. The molecule has 6 heteroatoms. The first-order chi connectivity index (χ1) is 8.24. The average Bonchev–Trinajstić information content (AvgIpc) is 2.24. The molecule has 0 bridgehead atoms. The molecule has 2 nitrogen and oxygen atoms in total. The van der Waals surface area contributed by atoms with Crippen molar-refractivity contribution in [2.45, 2.75) is 26.1 Å². The molecule has 0 fully saturated rings. The highest BCUT2D eigenvalue weighted by molar-refractivity contribution is 6.33. The topological polar surface area (TPSA) is 23.5 Å². The Balaban J connectivity index is 3.00. The summed E-state index contributed by atoms with van der Waals surface area (Å²) in [7, 11) is 0. The van der Waals surface area contributed by atoms with Gasteiger partial charge in [0.1, 0.15) is 6.54 Å². The number of anilines is 1. The van der Waals surface area contributed by atoms with Gasteiger partial charge in [-0.1, -0.05) is 17.7 Å². The molecule has 0 aliphatic heterocycles. The molecule has 0 saturated heterocycles. The van der Waals surface area contributed by atoms with Crippen LogP contribution in [0.25, 0.3) is 0 Å². The third-order valence-corrected chi connectivity index (χ3v) is 2.85. The number of benzene rings is 1. The maximum Gasteiger partial charge on any atom is 0.405 e. The van der Waals surface area contributed by atoms with Gasteiger partial charge in [-0.2, -0.15) is 13.2 Å². The van der Waals surface area contributed by atoms with Gasteiger partial charge in [-0.25, -0.2) is 0 Å². The highest BCUT2D eigenvalue weighted by Crippen LogP contribution is 2.31. The van der Waals surface area contributed by atoms with Crippen molar-refractivity contribution in [3.05, 3.63) is 28.8 Å². The third kappa shape index (κ3) is 4.07. The standard InChI is InChI=1S/C12H15ClF3NO/c1-3-17(7-12(14,15)16)11-5-4-9(8(2)18)6-10(11)13/h4-6,8,18H,3,7H2,1-2H3/t8-/m1/s1. The fourth-order valence-electron chi connectivity index (χ4n) is 1.62. The van der Waals surface area contributed by atoms with Crippen molar-refractivity contribution < 1.29 is 18.3 Å². The molecule has 0 saturated carbocycles. The number of aliphatic hydroxyl groups excluding tert-OH is 1. The normalized spacial score (nSPS) is 13.5. The van der Waals surface area contributed by atoms with Gasteiger partial charge in [-0.15, -0.1) is 0 Å². The zero-order valence-electron chi connectivity index (χ0n) is 10.1. The predicted octanol–water partition coefficient (Wildman–Crippen LogP) is 3.78.